The third-order valence-corrected chi connectivity index (χ3v) is 7.05. The molecule has 5 aromatic rings. The third kappa shape index (κ3) is 6.71. The number of nitrogens with one attached hydrogen (secondary N) is 3. The van der Waals surface area contributed by atoms with E-state index in [1.165, 1.54) is 0 Å². The molecule has 204 valence electrons. The van der Waals surface area contributed by atoms with Crippen molar-refractivity contribution in [2.75, 3.05) is 31.5 Å². The number of benzene rings is 2. The number of carbonyl (C=O) groups is 1. The molecule has 0 atom stereocenters. The Hall–Kier alpha value is -4.11. The summed E-state index contributed by atoms with van der Waals surface area (Å²) in [6.45, 7) is 4.18. The highest BCUT2D eigenvalue weighted by molar-refractivity contribution is 6.33. The highest BCUT2D eigenvalue weighted by atomic mass is 35.5. The number of primary amides is 1. The molecule has 5 N–H and O–H groups in total. The van der Waals surface area contributed by atoms with Crippen molar-refractivity contribution in [3.63, 3.8) is 0 Å². The lowest BCUT2D eigenvalue weighted by Gasteiger charge is -2.12. The molecule has 0 spiro atoms. The topological polar surface area (TPSA) is 118 Å². The minimum atomic E-state index is -0.469. The molecule has 0 aliphatic heterocycles. The molecule has 0 unspecified atom stereocenters. The van der Waals surface area contributed by atoms with Gasteiger partial charge in [-0.1, -0.05) is 35.9 Å². The number of fused-ring (bicyclic) bond motifs is 3. The summed E-state index contributed by atoms with van der Waals surface area (Å²) in [5.41, 5.74) is 9.60. The summed E-state index contributed by atoms with van der Waals surface area (Å²) in [7, 11) is 0. The second kappa shape index (κ2) is 13.3. The van der Waals surface area contributed by atoms with Crippen LogP contribution in [0.3, 0.4) is 0 Å². The van der Waals surface area contributed by atoms with Gasteiger partial charge in [-0.3, -0.25) is 14.8 Å². The van der Waals surface area contributed by atoms with E-state index >= 15 is 0 Å². The van der Waals surface area contributed by atoms with Gasteiger partial charge in [-0.2, -0.15) is 0 Å². The van der Waals surface area contributed by atoms with Crippen molar-refractivity contribution in [1.29, 1.82) is 0 Å². The second-order valence-electron chi connectivity index (χ2n) is 9.57. The van der Waals surface area contributed by atoms with Crippen molar-refractivity contribution in [3.05, 3.63) is 95.4 Å². The van der Waals surface area contributed by atoms with Gasteiger partial charge in [0.2, 0.25) is 5.91 Å². The summed E-state index contributed by atoms with van der Waals surface area (Å²) < 4.78 is 0. The molecule has 1 amide bonds. The predicted molar refractivity (Wildman–Crippen MR) is 163 cm³/mol. The van der Waals surface area contributed by atoms with Gasteiger partial charge in [0.1, 0.15) is 5.82 Å². The van der Waals surface area contributed by atoms with Gasteiger partial charge >= 0.3 is 0 Å². The maximum Gasteiger partial charge on any atom is 0.248 e. The van der Waals surface area contributed by atoms with Crippen molar-refractivity contribution in [3.8, 4) is 11.3 Å². The van der Waals surface area contributed by atoms with Crippen LogP contribution in [0.4, 0.5) is 5.82 Å². The Morgan fingerprint density at radius 2 is 1.73 bits per heavy atom. The summed E-state index contributed by atoms with van der Waals surface area (Å²) in [6.07, 6.45) is 7.51. The number of unbranched alkanes of at least 4 members (excludes halogenated alkanes) is 1. The molecule has 0 saturated heterocycles. The van der Waals surface area contributed by atoms with Crippen molar-refractivity contribution >= 4 is 45.0 Å². The minimum absolute atomic E-state index is 0.438. The van der Waals surface area contributed by atoms with Crippen molar-refractivity contribution in [2.24, 2.45) is 5.73 Å². The van der Waals surface area contributed by atoms with E-state index in [-0.39, 0.29) is 0 Å². The average molecular weight is 554 g/mol. The molecule has 0 radical (unpaired) electrons. The Morgan fingerprint density at radius 1 is 0.850 bits per heavy atom. The normalized spacial score (nSPS) is 11.2. The van der Waals surface area contributed by atoms with Crippen molar-refractivity contribution in [2.45, 2.75) is 19.4 Å². The molecule has 0 aliphatic rings. The zero-order valence-electron chi connectivity index (χ0n) is 22.2. The number of hydrogen-bond acceptors (Lipinski definition) is 7. The largest absolute Gasteiger partial charge is 0.368 e. The van der Waals surface area contributed by atoms with Gasteiger partial charge in [0.25, 0.3) is 0 Å². The Morgan fingerprint density at radius 3 is 2.52 bits per heavy atom. The standard InChI is InChI=1S/C31H32ClN7O/c32-27-17-21(6-8-25(27)28-5-1-2-13-37-28)19-35-12-4-3-11-34-15-16-38-31-24-10-14-36-20-26(24)23-9-7-22(30(33)40)18-29(23)39-31/h1-2,5-10,13-14,17-18,20,34-35H,3-4,11-12,15-16,19H2,(H2,33,40)(H,38,39). The van der Waals surface area contributed by atoms with E-state index in [1.807, 2.05) is 48.7 Å². The lowest BCUT2D eigenvalue weighted by atomic mass is 10.1. The number of nitrogens with two attached hydrogens (primary N) is 1. The van der Waals surface area contributed by atoms with Gasteiger partial charge < -0.3 is 21.7 Å². The van der Waals surface area contributed by atoms with Crippen LogP contribution in [-0.4, -0.2) is 47.0 Å². The summed E-state index contributed by atoms with van der Waals surface area (Å²) >= 11 is 6.49. The summed E-state index contributed by atoms with van der Waals surface area (Å²) in [5, 5.41) is 14.1. The van der Waals surface area contributed by atoms with Crippen LogP contribution in [0.15, 0.2) is 79.3 Å². The number of amides is 1. The molecule has 3 aromatic heterocycles. The Kier molecular flexibility index (Phi) is 9.13. The van der Waals surface area contributed by atoms with Crippen LogP contribution in [0.1, 0.15) is 28.8 Å². The molecular weight excluding hydrogens is 522 g/mol. The van der Waals surface area contributed by atoms with E-state index in [0.29, 0.717) is 11.1 Å². The number of anilines is 1. The van der Waals surface area contributed by atoms with Gasteiger partial charge in [-0.25, -0.2) is 4.98 Å². The monoisotopic (exact) mass is 553 g/mol. The number of rotatable bonds is 13. The second-order valence-corrected chi connectivity index (χ2v) is 9.97. The number of nitrogens with zero attached hydrogens (tertiary/aromatic N) is 3. The molecule has 0 fully saturated rings. The fourth-order valence-corrected chi connectivity index (χ4v) is 4.96. The van der Waals surface area contributed by atoms with Crippen LogP contribution < -0.4 is 21.7 Å². The molecule has 40 heavy (non-hydrogen) atoms. The van der Waals surface area contributed by atoms with E-state index in [0.717, 1.165) is 89.4 Å². The van der Waals surface area contributed by atoms with E-state index in [4.69, 9.17) is 22.3 Å². The van der Waals surface area contributed by atoms with Gasteiger partial charge in [0.15, 0.2) is 0 Å². The zero-order chi connectivity index (χ0) is 27.7. The first-order valence-electron chi connectivity index (χ1n) is 13.4. The van der Waals surface area contributed by atoms with Crippen LogP contribution in [0, 0.1) is 0 Å². The Labute approximate surface area is 238 Å². The molecule has 3 heterocycles. The zero-order valence-corrected chi connectivity index (χ0v) is 22.9. The Bertz CT molecular complexity index is 1610. The van der Waals surface area contributed by atoms with Crippen molar-refractivity contribution in [1.82, 2.24) is 25.6 Å². The first-order chi connectivity index (χ1) is 19.6. The third-order valence-electron chi connectivity index (χ3n) is 6.74. The smallest absolute Gasteiger partial charge is 0.248 e. The maximum absolute atomic E-state index is 11.6. The summed E-state index contributed by atoms with van der Waals surface area (Å²) in [4.78, 5) is 25.1. The quantitative estimate of drug-likeness (QED) is 0.117. The van der Waals surface area contributed by atoms with Crippen LogP contribution in [0.5, 0.6) is 0 Å². The maximum atomic E-state index is 11.6. The molecule has 0 bridgehead atoms. The number of hydrogen-bond donors (Lipinski definition) is 4. The number of halogens is 1. The molecule has 9 heteroatoms. The van der Waals surface area contributed by atoms with Gasteiger partial charge in [0.05, 0.1) is 16.2 Å². The molecule has 5 rings (SSSR count). The molecule has 0 aliphatic carbocycles. The van der Waals surface area contributed by atoms with Crippen LogP contribution in [0.25, 0.3) is 32.9 Å². The van der Waals surface area contributed by atoms with Gasteiger partial charge in [-0.05, 0) is 67.9 Å². The van der Waals surface area contributed by atoms with Gasteiger partial charge in [0, 0.05) is 65.5 Å². The first-order valence-corrected chi connectivity index (χ1v) is 13.8. The first kappa shape index (κ1) is 27.5. The lowest BCUT2D eigenvalue weighted by molar-refractivity contribution is 0.100. The molecule has 0 saturated carbocycles. The van der Waals surface area contributed by atoms with Gasteiger partial charge in [-0.15, -0.1) is 0 Å². The van der Waals surface area contributed by atoms with E-state index in [1.54, 1.807) is 24.5 Å². The number of pyridine rings is 3. The van der Waals surface area contributed by atoms with E-state index < -0.39 is 5.91 Å². The van der Waals surface area contributed by atoms with Crippen molar-refractivity contribution < 1.29 is 4.79 Å². The molecule has 8 nitrogen and oxygen atoms in total. The number of aromatic nitrogens is 3. The molecule has 2 aromatic carbocycles. The fraction of sp³-hybridized carbons (Fsp3) is 0.226. The highest BCUT2D eigenvalue weighted by Crippen LogP contribution is 2.29. The lowest BCUT2D eigenvalue weighted by Crippen LogP contribution is -2.24. The Balaban J connectivity index is 1.02. The highest BCUT2D eigenvalue weighted by Gasteiger charge is 2.10. The van der Waals surface area contributed by atoms with Crippen LogP contribution >= 0.6 is 11.6 Å². The van der Waals surface area contributed by atoms with Crippen LogP contribution in [0.2, 0.25) is 5.02 Å². The van der Waals surface area contributed by atoms with E-state index in [9.17, 15) is 4.79 Å². The SMILES string of the molecule is NC(=O)c1ccc2c(c1)nc(NCCNCCCCNCc1ccc(-c3ccccn3)c(Cl)c1)c1ccncc12. The van der Waals surface area contributed by atoms with Crippen LogP contribution in [-0.2, 0) is 6.54 Å². The predicted octanol–water partition coefficient (Wildman–Crippen LogP) is 5.17. The summed E-state index contributed by atoms with van der Waals surface area (Å²) in [6, 6.07) is 19.2. The summed E-state index contributed by atoms with van der Waals surface area (Å²) in [5.74, 6) is 0.300. The van der Waals surface area contributed by atoms with E-state index in [2.05, 4.69) is 32.0 Å². The number of carbonyl (C=O) groups excluding carboxylic acids is 1. The fourth-order valence-electron chi connectivity index (χ4n) is 4.66. The minimum Gasteiger partial charge on any atom is -0.368 e. The molecular formula is C31H32ClN7O. The average Bonchev–Trinajstić information content (AvgIpc) is 2.98.